The van der Waals surface area contributed by atoms with Gasteiger partial charge in [-0.3, -0.25) is 0 Å². The molecule has 0 spiro atoms. The first-order valence-electron chi connectivity index (χ1n) is 4.84. The molecule has 0 saturated heterocycles. The van der Waals surface area contributed by atoms with E-state index in [1.165, 1.54) is 5.56 Å². The van der Waals surface area contributed by atoms with Crippen LogP contribution in [0.25, 0.3) is 0 Å². The third-order valence-electron chi connectivity index (χ3n) is 2.15. The van der Waals surface area contributed by atoms with Crippen LogP contribution in [0.15, 0.2) is 24.3 Å². The van der Waals surface area contributed by atoms with Gasteiger partial charge in [-0.2, -0.15) is 0 Å². The summed E-state index contributed by atoms with van der Waals surface area (Å²) in [7, 11) is 0. The van der Waals surface area contributed by atoms with Gasteiger partial charge in [0, 0.05) is 6.61 Å². The predicted octanol–water partition coefficient (Wildman–Crippen LogP) is 2.57. The maximum atomic E-state index is 8.59. The highest BCUT2D eigenvalue weighted by Crippen LogP contribution is 2.07. The second-order valence-corrected chi connectivity index (χ2v) is 3.35. The normalized spacial score (nSPS) is 10.3. The molecule has 0 atom stereocenters. The summed E-state index contributed by atoms with van der Waals surface area (Å²) in [4.78, 5) is 0. The molecule has 1 aromatic rings. The fraction of sp³-hybridized carbons (Fsp3) is 0.417. The van der Waals surface area contributed by atoms with Crippen molar-refractivity contribution in [2.75, 3.05) is 6.61 Å². The van der Waals surface area contributed by atoms with E-state index < -0.39 is 0 Å². The van der Waals surface area contributed by atoms with Crippen molar-refractivity contribution in [3.05, 3.63) is 42.3 Å². The summed E-state index contributed by atoms with van der Waals surface area (Å²) in [5, 5.41) is 8.59. The van der Waals surface area contributed by atoms with E-state index in [0.29, 0.717) is 6.61 Å². The topological polar surface area (TPSA) is 20.2 Å². The molecule has 0 amide bonds. The Kier molecular flexibility index (Phi) is 4.55. The third kappa shape index (κ3) is 4.09. The lowest BCUT2D eigenvalue weighted by Gasteiger charge is -2.01. The molecule has 1 N–H and O–H groups in total. The number of unbranched alkanes of at least 4 members (excludes halogenated alkanes) is 2. The van der Waals surface area contributed by atoms with Crippen molar-refractivity contribution in [2.24, 2.45) is 0 Å². The molecule has 0 unspecified atom stereocenters. The zero-order valence-electron chi connectivity index (χ0n) is 8.00. The molecule has 1 aromatic carbocycles. The summed E-state index contributed by atoms with van der Waals surface area (Å²) < 4.78 is 0. The number of hydrogen-bond donors (Lipinski definition) is 1. The molecule has 0 heterocycles. The first-order chi connectivity index (χ1) is 6.33. The van der Waals surface area contributed by atoms with Crippen molar-refractivity contribution in [1.82, 2.24) is 0 Å². The summed E-state index contributed by atoms with van der Waals surface area (Å²) in [6.07, 6.45) is 4.31. The molecule has 71 valence electrons. The van der Waals surface area contributed by atoms with E-state index in [-0.39, 0.29) is 0 Å². The fourth-order valence-corrected chi connectivity index (χ4v) is 1.32. The van der Waals surface area contributed by atoms with Crippen LogP contribution in [-0.2, 0) is 6.42 Å². The van der Waals surface area contributed by atoms with Crippen molar-refractivity contribution >= 4 is 0 Å². The summed E-state index contributed by atoms with van der Waals surface area (Å²) >= 11 is 0. The van der Waals surface area contributed by atoms with Crippen LogP contribution < -0.4 is 0 Å². The van der Waals surface area contributed by atoms with Gasteiger partial charge in [0.1, 0.15) is 0 Å². The molecular formula is C12H17O. The van der Waals surface area contributed by atoms with Crippen LogP contribution in [0.1, 0.15) is 30.4 Å². The van der Waals surface area contributed by atoms with E-state index >= 15 is 0 Å². The Morgan fingerprint density at radius 3 is 2.31 bits per heavy atom. The Labute approximate surface area is 80.4 Å². The number of hydrogen-bond acceptors (Lipinski definition) is 1. The molecule has 1 heteroatoms. The van der Waals surface area contributed by atoms with Gasteiger partial charge in [0.2, 0.25) is 0 Å². The van der Waals surface area contributed by atoms with Crippen LogP contribution in [0.5, 0.6) is 0 Å². The second-order valence-electron chi connectivity index (χ2n) is 3.35. The Hall–Kier alpha value is -0.820. The van der Waals surface area contributed by atoms with Gasteiger partial charge in [-0.05, 0) is 37.3 Å². The second kappa shape index (κ2) is 5.76. The Balaban J connectivity index is 2.25. The van der Waals surface area contributed by atoms with E-state index in [1.54, 1.807) is 0 Å². The highest BCUT2D eigenvalue weighted by molar-refractivity contribution is 5.24. The molecule has 0 aliphatic carbocycles. The van der Waals surface area contributed by atoms with Gasteiger partial charge in [0.25, 0.3) is 0 Å². The summed E-state index contributed by atoms with van der Waals surface area (Å²) in [6, 6.07) is 8.34. The van der Waals surface area contributed by atoms with Crippen molar-refractivity contribution in [3.8, 4) is 0 Å². The Morgan fingerprint density at radius 1 is 1.00 bits per heavy atom. The van der Waals surface area contributed by atoms with Gasteiger partial charge in [0.15, 0.2) is 0 Å². The maximum Gasteiger partial charge on any atom is 0.0431 e. The number of aliphatic hydroxyl groups is 1. The van der Waals surface area contributed by atoms with Crippen LogP contribution in [0, 0.1) is 6.92 Å². The summed E-state index contributed by atoms with van der Waals surface area (Å²) in [5.74, 6) is 0. The Bertz CT molecular complexity index is 225. The van der Waals surface area contributed by atoms with Crippen LogP contribution in [-0.4, -0.2) is 11.7 Å². The lowest BCUT2D eigenvalue weighted by Crippen LogP contribution is -1.88. The average molecular weight is 177 g/mol. The minimum atomic E-state index is 0.317. The van der Waals surface area contributed by atoms with E-state index in [1.807, 2.05) is 12.1 Å². The lowest BCUT2D eigenvalue weighted by atomic mass is 10.1. The van der Waals surface area contributed by atoms with E-state index in [9.17, 15) is 0 Å². The molecule has 0 aliphatic heterocycles. The molecule has 0 aliphatic rings. The van der Waals surface area contributed by atoms with Crippen molar-refractivity contribution in [2.45, 2.75) is 25.7 Å². The SMILES string of the molecule is [CH2]c1ccc(CCCCCO)cc1. The van der Waals surface area contributed by atoms with Crippen LogP contribution in [0.4, 0.5) is 0 Å². The van der Waals surface area contributed by atoms with Gasteiger partial charge < -0.3 is 5.11 Å². The standard InChI is InChI=1S/C12H17O/c1-11-6-8-12(9-7-11)5-3-2-4-10-13/h6-9,13H,1-5,10H2. The first-order valence-corrected chi connectivity index (χ1v) is 4.84. The number of aryl methyl sites for hydroxylation is 1. The van der Waals surface area contributed by atoms with Crippen molar-refractivity contribution in [1.29, 1.82) is 0 Å². The molecule has 13 heavy (non-hydrogen) atoms. The smallest absolute Gasteiger partial charge is 0.0431 e. The van der Waals surface area contributed by atoms with E-state index in [2.05, 4.69) is 19.1 Å². The largest absolute Gasteiger partial charge is 0.396 e. The number of benzene rings is 1. The molecule has 1 rings (SSSR count). The van der Waals surface area contributed by atoms with Crippen LogP contribution >= 0.6 is 0 Å². The number of aliphatic hydroxyl groups excluding tert-OH is 1. The molecule has 0 aromatic heterocycles. The van der Waals surface area contributed by atoms with E-state index in [4.69, 9.17) is 5.11 Å². The first kappa shape index (κ1) is 10.3. The maximum absolute atomic E-state index is 8.59. The zero-order valence-corrected chi connectivity index (χ0v) is 8.00. The molecule has 0 fully saturated rings. The third-order valence-corrected chi connectivity index (χ3v) is 2.15. The molecule has 1 radical (unpaired) electrons. The minimum Gasteiger partial charge on any atom is -0.396 e. The highest BCUT2D eigenvalue weighted by atomic mass is 16.2. The van der Waals surface area contributed by atoms with Crippen molar-refractivity contribution < 1.29 is 5.11 Å². The highest BCUT2D eigenvalue weighted by Gasteiger charge is 1.92. The van der Waals surface area contributed by atoms with Gasteiger partial charge in [-0.15, -0.1) is 0 Å². The number of rotatable bonds is 5. The van der Waals surface area contributed by atoms with Gasteiger partial charge in [-0.1, -0.05) is 30.7 Å². The lowest BCUT2D eigenvalue weighted by molar-refractivity contribution is 0.283. The fourth-order valence-electron chi connectivity index (χ4n) is 1.32. The Morgan fingerprint density at radius 2 is 1.69 bits per heavy atom. The van der Waals surface area contributed by atoms with Crippen LogP contribution in [0.3, 0.4) is 0 Å². The molecule has 1 nitrogen and oxygen atoms in total. The average Bonchev–Trinajstić information content (AvgIpc) is 2.15. The molecule has 0 bridgehead atoms. The van der Waals surface area contributed by atoms with Gasteiger partial charge in [0.05, 0.1) is 0 Å². The molecule has 0 saturated carbocycles. The minimum absolute atomic E-state index is 0.317. The summed E-state index contributed by atoms with van der Waals surface area (Å²) in [6.45, 7) is 4.16. The van der Waals surface area contributed by atoms with Gasteiger partial charge >= 0.3 is 0 Å². The monoisotopic (exact) mass is 177 g/mol. The quantitative estimate of drug-likeness (QED) is 0.685. The van der Waals surface area contributed by atoms with Gasteiger partial charge in [-0.25, -0.2) is 0 Å². The summed E-state index contributed by atoms with van der Waals surface area (Å²) in [5.41, 5.74) is 2.43. The zero-order chi connectivity index (χ0) is 9.52. The van der Waals surface area contributed by atoms with Crippen LogP contribution in [0.2, 0.25) is 0 Å². The van der Waals surface area contributed by atoms with E-state index in [0.717, 1.165) is 31.2 Å². The van der Waals surface area contributed by atoms with Crippen molar-refractivity contribution in [3.63, 3.8) is 0 Å². The predicted molar refractivity (Wildman–Crippen MR) is 55.5 cm³/mol. The molecular weight excluding hydrogens is 160 g/mol.